The summed E-state index contributed by atoms with van der Waals surface area (Å²) in [6.07, 6.45) is 1.09. The zero-order chi connectivity index (χ0) is 27.4. The Morgan fingerprint density at radius 1 is 0.486 bits per heavy atom. The minimum atomic E-state index is 0.0517. The van der Waals surface area contributed by atoms with Crippen LogP contribution in [0.1, 0.15) is 162 Å². The second kappa shape index (κ2) is 9.39. The summed E-state index contributed by atoms with van der Waals surface area (Å²) in [6.45, 7) is 38.2. The fourth-order valence-electron chi connectivity index (χ4n) is 5.97. The van der Waals surface area contributed by atoms with Crippen LogP contribution in [0, 0.1) is 0 Å². The van der Waals surface area contributed by atoms with Crippen molar-refractivity contribution in [2.24, 2.45) is 0 Å². The minimum Gasteiger partial charge on any atom is -0.0645 e. The minimum absolute atomic E-state index is 0.0517. The van der Waals surface area contributed by atoms with E-state index < -0.39 is 0 Å². The van der Waals surface area contributed by atoms with Gasteiger partial charge < -0.3 is 0 Å². The normalized spacial score (nSPS) is 14.9. The van der Waals surface area contributed by atoms with Crippen molar-refractivity contribution in [1.29, 1.82) is 0 Å². The molecular formula is C35H56. The first-order valence-corrected chi connectivity index (χ1v) is 13.8. The van der Waals surface area contributed by atoms with Gasteiger partial charge >= 0.3 is 0 Å². The number of hydrogen-bond acceptors (Lipinski definition) is 0. The molecule has 0 amide bonds. The maximum absolute atomic E-state index is 2.46. The van der Waals surface area contributed by atoms with Crippen LogP contribution in [0.2, 0.25) is 0 Å². The molecule has 0 bridgehead atoms. The second-order valence-corrected chi connectivity index (χ2v) is 15.9. The van der Waals surface area contributed by atoms with E-state index in [1.54, 1.807) is 16.7 Å². The van der Waals surface area contributed by atoms with Crippen LogP contribution in [0.5, 0.6) is 0 Å². The third kappa shape index (κ3) is 6.23. The van der Waals surface area contributed by atoms with E-state index in [4.69, 9.17) is 0 Å². The molecule has 1 unspecified atom stereocenters. The van der Waals surface area contributed by atoms with E-state index in [0.29, 0.717) is 5.92 Å². The summed E-state index contributed by atoms with van der Waals surface area (Å²) >= 11 is 0. The summed E-state index contributed by atoms with van der Waals surface area (Å²) in [4.78, 5) is 0. The maximum atomic E-state index is 2.46. The Labute approximate surface area is 219 Å². The molecule has 35 heavy (non-hydrogen) atoms. The Morgan fingerprint density at radius 3 is 1.26 bits per heavy atom. The maximum Gasteiger partial charge on any atom is 0.00957 e. The van der Waals surface area contributed by atoms with Crippen molar-refractivity contribution in [2.75, 3.05) is 0 Å². The molecule has 2 aromatic carbocycles. The quantitative estimate of drug-likeness (QED) is 0.413. The van der Waals surface area contributed by atoms with Crippen molar-refractivity contribution in [3.05, 3.63) is 69.3 Å². The summed E-state index contributed by atoms with van der Waals surface area (Å²) in [7, 11) is 0. The topological polar surface area (TPSA) is 0 Å². The van der Waals surface area contributed by atoms with Gasteiger partial charge in [0.2, 0.25) is 0 Å². The molecule has 2 rings (SSSR count). The summed E-state index contributed by atoms with van der Waals surface area (Å²) in [5, 5.41) is 0. The first-order valence-electron chi connectivity index (χ1n) is 13.8. The summed E-state index contributed by atoms with van der Waals surface area (Å²) < 4.78 is 0. The van der Waals surface area contributed by atoms with E-state index in [-0.39, 0.29) is 27.1 Å². The van der Waals surface area contributed by atoms with Crippen molar-refractivity contribution >= 4 is 0 Å². The number of benzene rings is 2. The van der Waals surface area contributed by atoms with Gasteiger partial charge in [-0.2, -0.15) is 0 Å². The van der Waals surface area contributed by atoms with Crippen LogP contribution in [0.15, 0.2) is 30.3 Å². The van der Waals surface area contributed by atoms with Crippen LogP contribution in [-0.4, -0.2) is 0 Å². The van der Waals surface area contributed by atoms with E-state index in [1.165, 1.54) is 22.3 Å². The van der Waals surface area contributed by atoms with Gasteiger partial charge in [0.25, 0.3) is 0 Å². The molecule has 0 heterocycles. The Hall–Kier alpha value is -1.56. The molecular weight excluding hydrogens is 420 g/mol. The average molecular weight is 477 g/mol. The molecule has 0 aliphatic heterocycles. The first kappa shape index (κ1) is 29.7. The standard InChI is InChI=1S/C35H56/c1-17-23(24-19-18-20-26(32(5,6)7)29(24)34(11,12)13)28-25(31(2,3)4)21-22-27(33(8,9)10)30(28)35(14,15)16/h18-23H,17H2,1-16H3. The van der Waals surface area contributed by atoms with Gasteiger partial charge in [-0.05, 0) is 72.4 Å². The zero-order valence-corrected chi connectivity index (χ0v) is 26.2. The first-order chi connectivity index (χ1) is 15.5. The molecule has 1 atom stereocenters. The third-order valence-corrected chi connectivity index (χ3v) is 7.40. The molecule has 0 aliphatic carbocycles. The third-order valence-electron chi connectivity index (χ3n) is 7.40. The largest absolute Gasteiger partial charge is 0.0645 e. The van der Waals surface area contributed by atoms with Crippen LogP contribution in [0.25, 0.3) is 0 Å². The molecule has 0 N–H and O–H groups in total. The van der Waals surface area contributed by atoms with Gasteiger partial charge in [-0.25, -0.2) is 0 Å². The highest BCUT2D eigenvalue weighted by molar-refractivity contribution is 5.57. The van der Waals surface area contributed by atoms with Crippen molar-refractivity contribution < 1.29 is 0 Å². The lowest BCUT2D eigenvalue weighted by molar-refractivity contribution is 0.499. The molecule has 0 spiro atoms. The lowest BCUT2D eigenvalue weighted by Gasteiger charge is -2.40. The number of hydrogen-bond donors (Lipinski definition) is 0. The molecule has 0 heteroatoms. The van der Waals surface area contributed by atoms with Crippen LogP contribution in [0.4, 0.5) is 0 Å². The Balaban J connectivity index is 3.18. The van der Waals surface area contributed by atoms with E-state index in [1.807, 2.05) is 0 Å². The Morgan fingerprint density at radius 2 is 0.886 bits per heavy atom. The van der Waals surface area contributed by atoms with Crippen molar-refractivity contribution in [3.8, 4) is 0 Å². The average Bonchev–Trinajstić information content (AvgIpc) is 2.64. The van der Waals surface area contributed by atoms with Gasteiger partial charge in [-0.3, -0.25) is 0 Å². The van der Waals surface area contributed by atoms with Gasteiger partial charge in [0.15, 0.2) is 0 Å². The zero-order valence-electron chi connectivity index (χ0n) is 26.2. The van der Waals surface area contributed by atoms with Gasteiger partial charge in [-0.15, -0.1) is 0 Å². The van der Waals surface area contributed by atoms with E-state index in [2.05, 4.69) is 141 Å². The predicted molar refractivity (Wildman–Crippen MR) is 159 cm³/mol. The number of rotatable bonds is 3. The van der Waals surface area contributed by atoms with Crippen molar-refractivity contribution in [3.63, 3.8) is 0 Å². The summed E-state index contributed by atoms with van der Waals surface area (Å²) in [5.41, 5.74) is 11.1. The van der Waals surface area contributed by atoms with Gasteiger partial charge in [0.1, 0.15) is 0 Å². The molecule has 2 aromatic rings. The molecule has 0 saturated heterocycles. The predicted octanol–water partition coefficient (Wildman–Crippen LogP) is 10.7. The lowest BCUT2D eigenvalue weighted by atomic mass is 9.64. The van der Waals surface area contributed by atoms with Crippen LogP contribution in [0.3, 0.4) is 0 Å². The van der Waals surface area contributed by atoms with Gasteiger partial charge in [0.05, 0.1) is 0 Å². The van der Waals surface area contributed by atoms with Crippen LogP contribution < -0.4 is 0 Å². The molecule has 0 aliphatic rings. The van der Waals surface area contributed by atoms with Crippen molar-refractivity contribution in [1.82, 2.24) is 0 Å². The summed E-state index contributed by atoms with van der Waals surface area (Å²) in [5.74, 6) is 0.359. The SMILES string of the molecule is CCC(c1cccc(C(C)(C)C)c1C(C)(C)C)c1c(C(C)(C)C)ccc(C(C)(C)C)c1C(C)(C)C. The van der Waals surface area contributed by atoms with Crippen molar-refractivity contribution in [2.45, 2.75) is 150 Å². The fraction of sp³-hybridized carbons (Fsp3) is 0.657. The lowest BCUT2D eigenvalue weighted by Crippen LogP contribution is -2.30. The smallest absolute Gasteiger partial charge is 0.00957 e. The Kier molecular flexibility index (Phi) is 7.96. The summed E-state index contributed by atoms with van der Waals surface area (Å²) in [6, 6.07) is 12.0. The Bertz CT molecular complexity index is 1030. The highest BCUT2D eigenvalue weighted by Crippen LogP contribution is 2.49. The molecule has 196 valence electrons. The highest BCUT2D eigenvalue weighted by atomic mass is 14.4. The molecule has 0 radical (unpaired) electrons. The van der Waals surface area contributed by atoms with E-state index in [0.717, 1.165) is 6.42 Å². The van der Waals surface area contributed by atoms with E-state index >= 15 is 0 Å². The highest BCUT2D eigenvalue weighted by Gasteiger charge is 2.37. The van der Waals surface area contributed by atoms with E-state index in [9.17, 15) is 0 Å². The molecule has 0 aromatic heterocycles. The molecule has 0 saturated carbocycles. The fourth-order valence-corrected chi connectivity index (χ4v) is 5.97. The molecule has 0 fully saturated rings. The second-order valence-electron chi connectivity index (χ2n) is 15.9. The van der Waals surface area contributed by atoms with Crippen LogP contribution in [-0.2, 0) is 27.1 Å². The monoisotopic (exact) mass is 476 g/mol. The van der Waals surface area contributed by atoms with Crippen LogP contribution >= 0.6 is 0 Å². The molecule has 0 nitrogen and oxygen atoms in total. The van der Waals surface area contributed by atoms with Gasteiger partial charge in [0, 0.05) is 5.92 Å². The van der Waals surface area contributed by atoms with Gasteiger partial charge in [-0.1, -0.05) is 141 Å².